The Morgan fingerprint density at radius 2 is 1.83 bits per heavy atom. The fraction of sp³-hybridized carbons (Fsp3) is 0.143. The molecule has 0 amide bonds. The van der Waals surface area contributed by atoms with E-state index in [1.165, 1.54) is 18.2 Å². The lowest BCUT2D eigenvalue weighted by molar-refractivity contribution is 0.617. The molecule has 0 saturated heterocycles. The molecule has 94 valence electrons. The average Bonchev–Trinajstić information content (AvgIpc) is 2.37. The van der Waals surface area contributed by atoms with Crippen LogP contribution in [0.25, 0.3) is 0 Å². The second-order valence-corrected chi connectivity index (χ2v) is 4.47. The van der Waals surface area contributed by atoms with Gasteiger partial charge in [0.15, 0.2) is 0 Å². The van der Waals surface area contributed by atoms with Gasteiger partial charge in [0, 0.05) is 29.3 Å². The number of nitrogens with zero attached hydrogens (tertiary/aromatic N) is 1. The van der Waals surface area contributed by atoms with Gasteiger partial charge in [0.2, 0.25) is 0 Å². The number of halogens is 3. The van der Waals surface area contributed by atoms with Crippen molar-refractivity contribution in [1.82, 2.24) is 0 Å². The number of alkyl halides is 1. The normalized spacial score (nSPS) is 10.4. The Bertz CT molecular complexity index is 557. The van der Waals surface area contributed by atoms with E-state index in [-0.39, 0.29) is 11.6 Å². The first-order valence-electron chi connectivity index (χ1n) is 5.46. The van der Waals surface area contributed by atoms with Crippen LogP contribution in [-0.2, 0) is 5.33 Å². The van der Waals surface area contributed by atoms with Gasteiger partial charge < -0.3 is 4.90 Å². The largest absolute Gasteiger partial charge is 0.344 e. The second-order valence-electron chi connectivity index (χ2n) is 3.91. The van der Waals surface area contributed by atoms with Crippen molar-refractivity contribution >= 4 is 27.3 Å². The summed E-state index contributed by atoms with van der Waals surface area (Å²) in [4.78, 5) is 1.77. The molecule has 0 atom stereocenters. The van der Waals surface area contributed by atoms with E-state index in [0.717, 1.165) is 5.69 Å². The van der Waals surface area contributed by atoms with Crippen molar-refractivity contribution < 1.29 is 8.78 Å². The van der Waals surface area contributed by atoms with Crippen LogP contribution in [-0.4, -0.2) is 7.05 Å². The van der Waals surface area contributed by atoms with E-state index in [0.29, 0.717) is 16.6 Å². The lowest BCUT2D eigenvalue weighted by atomic mass is 10.1. The Morgan fingerprint density at radius 3 is 2.50 bits per heavy atom. The van der Waals surface area contributed by atoms with Crippen molar-refractivity contribution in [2.75, 3.05) is 11.9 Å². The molecule has 2 rings (SSSR count). The number of rotatable bonds is 3. The molecular formula is C14H12BrF2N. The van der Waals surface area contributed by atoms with E-state index in [9.17, 15) is 8.78 Å². The van der Waals surface area contributed by atoms with Crippen molar-refractivity contribution in [2.24, 2.45) is 0 Å². The molecule has 1 nitrogen and oxygen atoms in total. The molecule has 18 heavy (non-hydrogen) atoms. The van der Waals surface area contributed by atoms with Crippen molar-refractivity contribution in [2.45, 2.75) is 5.33 Å². The monoisotopic (exact) mass is 311 g/mol. The van der Waals surface area contributed by atoms with Crippen LogP contribution < -0.4 is 4.90 Å². The second kappa shape index (κ2) is 5.48. The fourth-order valence-electron chi connectivity index (χ4n) is 1.82. The Labute approximate surface area is 113 Å². The molecule has 0 bridgehead atoms. The summed E-state index contributed by atoms with van der Waals surface area (Å²) < 4.78 is 26.9. The zero-order valence-electron chi connectivity index (χ0n) is 9.83. The molecule has 0 saturated carbocycles. The molecule has 2 aromatic carbocycles. The van der Waals surface area contributed by atoms with Gasteiger partial charge in [-0.25, -0.2) is 8.78 Å². The van der Waals surface area contributed by atoms with E-state index in [1.54, 1.807) is 30.1 Å². The zero-order chi connectivity index (χ0) is 13.1. The van der Waals surface area contributed by atoms with Crippen LogP contribution in [0.2, 0.25) is 0 Å². The van der Waals surface area contributed by atoms with Crippen LogP contribution in [0.5, 0.6) is 0 Å². The van der Waals surface area contributed by atoms with Gasteiger partial charge >= 0.3 is 0 Å². The van der Waals surface area contributed by atoms with Crippen LogP contribution in [0.3, 0.4) is 0 Å². The molecule has 0 heterocycles. The van der Waals surface area contributed by atoms with E-state index >= 15 is 0 Å². The summed E-state index contributed by atoms with van der Waals surface area (Å²) in [6.45, 7) is 0. The van der Waals surface area contributed by atoms with E-state index in [1.807, 2.05) is 6.07 Å². The van der Waals surface area contributed by atoms with Gasteiger partial charge in [0.25, 0.3) is 0 Å². The molecule has 0 aromatic heterocycles. The SMILES string of the molecule is CN(c1cccc(F)c1)c1cccc(F)c1CBr. The lowest BCUT2D eigenvalue weighted by Gasteiger charge is -2.22. The Morgan fingerprint density at radius 1 is 1.11 bits per heavy atom. The van der Waals surface area contributed by atoms with E-state index in [4.69, 9.17) is 0 Å². The molecule has 4 heteroatoms. The summed E-state index contributed by atoms with van der Waals surface area (Å²) in [5, 5.41) is 0.411. The summed E-state index contributed by atoms with van der Waals surface area (Å²) in [6, 6.07) is 11.1. The molecule has 0 radical (unpaired) electrons. The number of hydrogen-bond donors (Lipinski definition) is 0. The maximum atomic E-state index is 13.7. The van der Waals surface area contributed by atoms with Crippen molar-refractivity contribution in [3.8, 4) is 0 Å². The summed E-state index contributed by atoms with van der Waals surface area (Å²) in [5.74, 6) is -0.580. The van der Waals surface area contributed by atoms with Gasteiger partial charge in [0.1, 0.15) is 11.6 Å². The number of benzene rings is 2. The van der Waals surface area contributed by atoms with E-state index < -0.39 is 0 Å². The lowest BCUT2D eigenvalue weighted by Crippen LogP contribution is -2.12. The third kappa shape index (κ3) is 2.53. The third-order valence-corrected chi connectivity index (χ3v) is 3.35. The first-order valence-corrected chi connectivity index (χ1v) is 6.58. The van der Waals surface area contributed by atoms with Gasteiger partial charge in [-0.1, -0.05) is 28.1 Å². The minimum Gasteiger partial charge on any atom is -0.344 e. The molecule has 0 N–H and O–H groups in total. The fourth-order valence-corrected chi connectivity index (χ4v) is 2.37. The van der Waals surface area contributed by atoms with Gasteiger partial charge in [-0.2, -0.15) is 0 Å². The first-order chi connectivity index (χ1) is 8.63. The molecule has 2 aromatic rings. The maximum Gasteiger partial charge on any atom is 0.129 e. The number of hydrogen-bond acceptors (Lipinski definition) is 1. The quantitative estimate of drug-likeness (QED) is 0.747. The highest BCUT2D eigenvalue weighted by Gasteiger charge is 2.12. The molecule has 0 aliphatic heterocycles. The molecule has 0 aliphatic rings. The molecule has 0 aliphatic carbocycles. The zero-order valence-corrected chi connectivity index (χ0v) is 11.4. The molecule has 0 spiro atoms. The standard InChI is InChI=1S/C14H12BrF2N/c1-18(11-5-2-4-10(16)8-11)14-7-3-6-13(17)12(14)9-15/h2-8H,9H2,1H3. The third-order valence-electron chi connectivity index (χ3n) is 2.78. The van der Waals surface area contributed by atoms with Crippen LogP contribution in [0.15, 0.2) is 42.5 Å². The van der Waals surface area contributed by atoms with Crippen LogP contribution >= 0.6 is 15.9 Å². The van der Waals surface area contributed by atoms with Crippen molar-refractivity contribution in [3.05, 3.63) is 59.7 Å². The maximum absolute atomic E-state index is 13.7. The van der Waals surface area contributed by atoms with Gasteiger partial charge in [0.05, 0.1) is 0 Å². The van der Waals surface area contributed by atoms with Crippen molar-refractivity contribution in [1.29, 1.82) is 0 Å². The molecule has 0 unspecified atom stereocenters. The van der Waals surface area contributed by atoms with Crippen LogP contribution in [0.1, 0.15) is 5.56 Å². The summed E-state index contributed by atoms with van der Waals surface area (Å²) in [7, 11) is 1.79. The van der Waals surface area contributed by atoms with Gasteiger partial charge in [-0.15, -0.1) is 0 Å². The van der Waals surface area contributed by atoms with Crippen molar-refractivity contribution in [3.63, 3.8) is 0 Å². The smallest absolute Gasteiger partial charge is 0.129 e. The van der Waals surface area contributed by atoms with E-state index in [2.05, 4.69) is 15.9 Å². The topological polar surface area (TPSA) is 3.24 Å². The number of anilines is 2. The molecule has 0 fully saturated rings. The van der Waals surface area contributed by atoms with Crippen LogP contribution in [0.4, 0.5) is 20.2 Å². The highest BCUT2D eigenvalue weighted by Crippen LogP contribution is 2.30. The highest BCUT2D eigenvalue weighted by molar-refractivity contribution is 9.08. The average molecular weight is 312 g/mol. The van der Waals surface area contributed by atoms with Crippen LogP contribution in [0, 0.1) is 11.6 Å². The summed E-state index contributed by atoms with van der Waals surface area (Å²) in [5.41, 5.74) is 1.96. The minimum absolute atomic E-state index is 0.271. The van der Waals surface area contributed by atoms with Gasteiger partial charge in [-0.05, 0) is 30.3 Å². The Hall–Kier alpha value is -1.42. The summed E-state index contributed by atoms with van der Waals surface area (Å²) >= 11 is 3.27. The Kier molecular flexibility index (Phi) is 3.97. The predicted molar refractivity (Wildman–Crippen MR) is 73.5 cm³/mol. The first kappa shape index (κ1) is 13.0. The minimum atomic E-state index is -0.309. The van der Waals surface area contributed by atoms with Gasteiger partial charge in [-0.3, -0.25) is 0 Å². The molecular weight excluding hydrogens is 300 g/mol. The summed E-state index contributed by atoms with van der Waals surface area (Å²) in [6.07, 6.45) is 0. The predicted octanol–water partition coefficient (Wildman–Crippen LogP) is 4.63. The highest BCUT2D eigenvalue weighted by atomic mass is 79.9. The Balaban J connectivity index is 2.46.